The summed E-state index contributed by atoms with van der Waals surface area (Å²) < 4.78 is 5.04. The summed E-state index contributed by atoms with van der Waals surface area (Å²) in [4.78, 5) is 11.6. The van der Waals surface area contributed by atoms with Crippen LogP contribution in [0.4, 0.5) is 0 Å². The number of rotatable bonds is 10. The van der Waals surface area contributed by atoms with Crippen LogP contribution < -0.4 is 11.1 Å². The SMILES string of the molecule is CCC[C@@H](COI)NC(=O)CCCCCN. The van der Waals surface area contributed by atoms with E-state index in [2.05, 4.69) is 12.2 Å². The molecule has 0 aliphatic heterocycles. The van der Waals surface area contributed by atoms with Crippen molar-refractivity contribution >= 4 is 28.9 Å². The summed E-state index contributed by atoms with van der Waals surface area (Å²) in [5.74, 6) is 0.129. The van der Waals surface area contributed by atoms with E-state index in [0.717, 1.165) is 32.1 Å². The summed E-state index contributed by atoms with van der Waals surface area (Å²) in [6.45, 7) is 3.40. The number of hydrogen-bond acceptors (Lipinski definition) is 3. The molecule has 0 radical (unpaired) electrons. The Bertz CT molecular complexity index is 173. The first-order valence-corrected chi connectivity index (χ1v) is 6.85. The van der Waals surface area contributed by atoms with Crippen molar-refractivity contribution in [3.63, 3.8) is 0 Å². The zero-order chi connectivity index (χ0) is 12.2. The lowest BCUT2D eigenvalue weighted by atomic mass is 10.1. The van der Waals surface area contributed by atoms with Gasteiger partial charge in [-0.25, -0.2) is 0 Å². The highest BCUT2D eigenvalue weighted by Crippen LogP contribution is 2.03. The number of carbonyl (C=O) groups excluding carboxylic acids is 1. The van der Waals surface area contributed by atoms with Crippen molar-refractivity contribution < 1.29 is 7.86 Å². The predicted octanol–water partition coefficient (Wildman–Crippen LogP) is 2.16. The van der Waals surface area contributed by atoms with Crippen LogP contribution in [-0.4, -0.2) is 25.1 Å². The molecule has 0 fully saturated rings. The van der Waals surface area contributed by atoms with Gasteiger partial charge in [0.25, 0.3) is 0 Å². The van der Waals surface area contributed by atoms with Crippen LogP contribution in [0.2, 0.25) is 0 Å². The maximum Gasteiger partial charge on any atom is 0.220 e. The molecule has 0 aromatic carbocycles. The molecule has 5 heteroatoms. The normalized spacial score (nSPS) is 12.4. The number of amides is 1. The Kier molecular flexibility index (Phi) is 11.7. The van der Waals surface area contributed by atoms with Crippen molar-refractivity contribution in [1.82, 2.24) is 5.32 Å². The lowest BCUT2D eigenvalue weighted by Crippen LogP contribution is -2.37. The molecule has 0 unspecified atom stereocenters. The molecule has 1 atom stereocenters. The molecular formula is C11H23IN2O2. The van der Waals surface area contributed by atoms with E-state index in [-0.39, 0.29) is 11.9 Å². The van der Waals surface area contributed by atoms with Gasteiger partial charge in [0.2, 0.25) is 5.91 Å². The Morgan fingerprint density at radius 1 is 1.44 bits per heavy atom. The molecule has 0 saturated carbocycles. The van der Waals surface area contributed by atoms with E-state index in [1.165, 1.54) is 0 Å². The molecule has 0 bridgehead atoms. The maximum atomic E-state index is 11.6. The van der Waals surface area contributed by atoms with Gasteiger partial charge in [-0.1, -0.05) is 19.8 Å². The van der Waals surface area contributed by atoms with Gasteiger partial charge < -0.3 is 14.1 Å². The van der Waals surface area contributed by atoms with Gasteiger partial charge >= 0.3 is 0 Å². The number of carbonyl (C=O) groups is 1. The highest BCUT2D eigenvalue weighted by Gasteiger charge is 2.10. The van der Waals surface area contributed by atoms with E-state index in [1.54, 1.807) is 0 Å². The second-order valence-corrected chi connectivity index (χ2v) is 4.55. The summed E-state index contributed by atoms with van der Waals surface area (Å²) in [6.07, 6.45) is 5.58. The quantitative estimate of drug-likeness (QED) is 0.472. The lowest BCUT2D eigenvalue weighted by Gasteiger charge is -2.16. The molecule has 16 heavy (non-hydrogen) atoms. The topological polar surface area (TPSA) is 64.3 Å². The molecule has 96 valence electrons. The van der Waals surface area contributed by atoms with Gasteiger partial charge in [0.05, 0.1) is 12.6 Å². The molecule has 0 aliphatic rings. The average molecular weight is 342 g/mol. The standard InChI is InChI=1S/C11H23IN2O2/c1-2-6-10(9-16-12)14-11(15)7-4-3-5-8-13/h10H,2-9,13H2,1H3,(H,14,15)/t10-/m0/s1. The smallest absolute Gasteiger partial charge is 0.220 e. The van der Waals surface area contributed by atoms with E-state index in [4.69, 9.17) is 8.80 Å². The third-order valence-electron chi connectivity index (χ3n) is 2.37. The van der Waals surface area contributed by atoms with Gasteiger partial charge in [0.15, 0.2) is 0 Å². The Hall–Kier alpha value is 0.120. The monoisotopic (exact) mass is 342 g/mol. The molecule has 0 aromatic heterocycles. The third-order valence-corrected chi connectivity index (χ3v) is 2.73. The average Bonchev–Trinajstić information content (AvgIpc) is 2.25. The first-order chi connectivity index (χ1) is 7.74. The van der Waals surface area contributed by atoms with E-state index < -0.39 is 0 Å². The first kappa shape index (κ1) is 16.1. The largest absolute Gasteiger partial charge is 0.351 e. The molecule has 1 amide bonds. The van der Waals surface area contributed by atoms with Gasteiger partial charge in [0, 0.05) is 6.42 Å². The highest BCUT2D eigenvalue weighted by molar-refractivity contribution is 14.1. The van der Waals surface area contributed by atoms with E-state index in [1.807, 2.05) is 23.0 Å². The van der Waals surface area contributed by atoms with Crippen LogP contribution in [0.25, 0.3) is 0 Å². The fraction of sp³-hybridized carbons (Fsp3) is 0.909. The van der Waals surface area contributed by atoms with E-state index in [0.29, 0.717) is 19.6 Å². The number of hydrogen-bond donors (Lipinski definition) is 2. The van der Waals surface area contributed by atoms with Gasteiger partial charge in [-0.2, -0.15) is 0 Å². The van der Waals surface area contributed by atoms with Crippen LogP contribution in [-0.2, 0) is 7.86 Å². The second kappa shape index (κ2) is 11.6. The van der Waals surface area contributed by atoms with Crippen LogP contribution in [0.15, 0.2) is 0 Å². The van der Waals surface area contributed by atoms with Crippen molar-refractivity contribution in [3.05, 3.63) is 0 Å². The molecule has 0 spiro atoms. The van der Waals surface area contributed by atoms with Crippen molar-refractivity contribution in [2.45, 2.75) is 51.5 Å². The molecule has 3 N–H and O–H groups in total. The molecular weight excluding hydrogens is 319 g/mol. The maximum absolute atomic E-state index is 11.6. The molecule has 0 rings (SSSR count). The first-order valence-electron chi connectivity index (χ1n) is 5.97. The Balaban J connectivity index is 3.63. The minimum atomic E-state index is 0.129. The Morgan fingerprint density at radius 2 is 2.19 bits per heavy atom. The summed E-state index contributed by atoms with van der Waals surface area (Å²) in [7, 11) is 0. The predicted molar refractivity (Wildman–Crippen MR) is 74.3 cm³/mol. The summed E-state index contributed by atoms with van der Waals surface area (Å²) >= 11 is 1.86. The Morgan fingerprint density at radius 3 is 2.75 bits per heavy atom. The molecule has 0 saturated heterocycles. The number of nitrogens with one attached hydrogen (secondary N) is 1. The third kappa shape index (κ3) is 9.35. The number of halogens is 1. The van der Waals surface area contributed by atoms with Crippen molar-refractivity contribution in [1.29, 1.82) is 0 Å². The van der Waals surface area contributed by atoms with Crippen molar-refractivity contribution in [3.8, 4) is 0 Å². The minimum Gasteiger partial charge on any atom is -0.351 e. The van der Waals surface area contributed by atoms with Gasteiger partial charge in [-0.3, -0.25) is 4.79 Å². The number of nitrogens with two attached hydrogens (primary N) is 1. The van der Waals surface area contributed by atoms with Crippen LogP contribution in [0.3, 0.4) is 0 Å². The van der Waals surface area contributed by atoms with Crippen LogP contribution in [0.5, 0.6) is 0 Å². The molecule has 4 nitrogen and oxygen atoms in total. The summed E-state index contributed by atoms with van der Waals surface area (Å²) in [6, 6.07) is 0.156. The van der Waals surface area contributed by atoms with E-state index in [9.17, 15) is 4.79 Å². The van der Waals surface area contributed by atoms with E-state index >= 15 is 0 Å². The minimum absolute atomic E-state index is 0.129. The van der Waals surface area contributed by atoms with Gasteiger partial charge in [-0.15, -0.1) is 0 Å². The lowest BCUT2D eigenvalue weighted by molar-refractivity contribution is -0.122. The fourth-order valence-corrected chi connectivity index (χ4v) is 1.96. The highest BCUT2D eigenvalue weighted by atomic mass is 127. The fourth-order valence-electron chi connectivity index (χ4n) is 1.53. The summed E-state index contributed by atoms with van der Waals surface area (Å²) in [5.41, 5.74) is 5.39. The van der Waals surface area contributed by atoms with Gasteiger partial charge in [0.1, 0.15) is 23.0 Å². The molecule has 0 aliphatic carbocycles. The van der Waals surface area contributed by atoms with Gasteiger partial charge in [-0.05, 0) is 25.8 Å². The van der Waals surface area contributed by atoms with Crippen molar-refractivity contribution in [2.75, 3.05) is 13.2 Å². The van der Waals surface area contributed by atoms with Crippen LogP contribution >= 0.6 is 23.0 Å². The van der Waals surface area contributed by atoms with Crippen LogP contribution in [0, 0.1) is 0 Å². The number of unbranched alkanes of at least 4 members (excludes halogenated alkanes) is 2. The molecule has 0 aromatic rings. The Labute approximate surface area is 112 Å². The second-order valence-electron chi connectivity index (χ2n) is 3.93. The molecule has 0 heterocycles. The summed E-state index contributed by atoms with van der Waals surface area (Å²) in [5, 5.41) is 3.00. The zero-order valence-corrected chi connectivity index (χ0v) is 12.2. The zero-order valence-electron chi connectivity index (χ0n) is 10.0. The van der Waals surface area contributed by atoms with Crippen LogP contribution in [0.1, 0.15) is 45.4 Å². The van der Waals surface area contributed by atoms with Crippen molar-refractivity contribution in [2.24, 2.45) is 5.73 Å².